The number of amides is 2. The predicted molar refractivity (Wildman–Crippen MR) is 136 cm³/mol. The second-order valence-corrected chi connectivity index (χ2v) is 7.96. The number of ether oxygens (including phenoxy) is 8. The van der Waals surface area contributed by atoms with Crippen LogP contribution in [0, 0.1) is 0 Å². The Labute approximate surface area is 225 Å². The monoisotopic (exact) mass is 550 g/mol. The van der Waals surface area contributed by atoms with Crippen molar-refractivity contribution in [3.63, 3.8) is 0 Å². The molecule has 0 aromatic rings. The minimum atomic E-state index is -0.346. The fourth-order valence-electron chi connectivity index (χ4n) is 2.83. The van der Waals surface area contributed by atoms with Crippen molar-refractivity contribution in [1.82, 2.24) is 10.4 Å². The van der Waals surface area contributed by atoms with Crippen molar-refractivity contribution < 1.29 is 52.3 Å². The standard InChI is InChI=1S/C25H46N2O11/c1-23(38-27-24(28)3-4-25(27)29)5-7-30-9-11-32-13-15-34-17-19-36-21-22-37-20-18-35-16-14-33-12-10-31-8-6-26-2/h26H,1,3-22H2,2H3. The van der Waals surface area contributed by atoms with Gasteiger partial charge in [0.05, 0.1) is 106 Å². The molecule has 1 heterocycles. The SMILES string of the molecule is C=C(CCOCCOCCOCCOCCOCCOCCOCCOCCNC)ON1C(=O)CCC1=O. The van der Waals surface area contributed by atoms with E-state index >= 15 is 0 Å². The molecule has 0 unspecified atom stereocenters. The molecule has 0 radical (unpaired) electrons. The maximum Gasteiger partial charge on any atom is 0.263 e. The number of nitrogens with one attached hydrogen (secondary N) is 1. The molecule has 13 nitrogen and oxygen atoms in total. The quantitative estimate of drug-likeness (QED) is 0.0781. The summed E-state index contributed by atoms with van der Waals surface area (Å²) in [6.07, 6.45) is 0.729. The van der Waals surface area contributed by atoms with Crippen LogP contribution in [0.5, 0.6) is 0 Å². The number of hydrogen-bond acceptors (Lipinski definition) is 12. The maximum atomic E-state index is 11.5. The van der Waals surface area contributed by atoms with Gasteiger partial charge in [-0.1, -0.05) is 6.58 Å². The number of likely N-dealkylation sites (N-methyl/N-ethyl adjacent to an activating group) is 1. The zero-order chi connectivity index (χ0) is 27.5. The molecule has 1 saturated heterocycles. The predicted octanol–water partition coefficient (Wildman–Crippen LogP) is 0.323. The molecule has 1 aliphatic heterocycles. The first-order valence-corrected chi connectivity index (χ1v) is 13.1. The number of imide groups is 1. The Morgan fingerprint density at radius 3 is 1.26 bits per heavy atom. The zero-order valence-corrected chi connectivity index (χ0v) is 22.8. The molecule has 1 N–H and O–H groups in total. The van der Waals surface area contributed by atoms with Crippen LogP contribution >= 0.6 is 0 Å². The van der Waals surface area contributed by atoms with Crippen LogP contribution in [0.15, 0.2) is 12.3 Å². The van der Waals surface area contributed by atoms with Gasteiger partial charge in [0.25, 0.3) is 11.8 Å². The lowest BCUT2D eigenvalue weighted by atomic mass is 10.4. The van der Waals surface area contributed by atoms with Crippen molar-refractivity contribution in [2.45, 2.75) is 19.3 Å². The van der Waals surface area contributed by atoms with Gasteiger partial charge in [0.2, 0.25) is 0 Å². The summed E-state index contributed by atoms with van der Waals surface area (Å²) in [6, 6.07) is 0. The number of carbonyl (C=O) groups excluding carboxylic acids is 2. The lowest BCUT2D eigenvalue weighted by Gasteiger charge is -2.16. The summed E-state index contributed by atoms with van der Waals surface area (Å²) in [6.45, 7) is 12.5. The van der Waals surface area contributed by atoms with Crippen molar-refractivity contribution in [3.05, 3.63) is 12.3 Å². The molecule has 0 saturated carbocycles. The largest absolute Gasteiger partial charge is 0.379 e. The summed E-state index contributed by atoms with van der Waals surface area (Å²) in [4.78, 5) is 28.1. The van der Waals surface area contributed by atoms with Crippen LogP contribution in [0.1, 0.15) is 19.3 Å². The van der Waals surface area contributed by atoms with E-state index in [0.29, 0.717) is 118 Å². The molecule has 38 heavy (non-hydrogen) atoms. The van der Waals surface area contributed by atoms with Crippen molar-refractivity contribution in [3.8, 4) is 0 Å². The van der Waals surface area contributed by atoms with Gasteiger partial charge in [0.15, 0.2) is 0 Å². The highest BCUT2D eigenvalue weighted by Crippen LogP contribution is 2.15. The Morgan fingerprint density at radius 2 is 0.921 bits per heavy atom. The third-order valence-electron chi connectivity index (χ3n) is 4.85. The van der Waals surface area contributed by atoms with Crippen molar-refractivity contribution in [2.75, 3.05) is 119 Å². The first-order chi connectivity index (χ1) is 18.6. The maximum absolute atomic E-state index is 11.5. The Morgan fingerprint density at radius 1 is 0.605 bits per heavy atom. The smallest absolute Gasteiger partial charge is 0.263 e. The molecule has 0 spiro atoms. The molecule has 0 aromatic heterocycles. The summed E-state index contributed by atoms with van der Waals surface area (Å²) in [7, 11) is 1.89. The zero-order valence-electron chi connectivity index (χ0n) is 22.8. The molecule has 0 aromatic carbocycles. The Kier molecular flexibility index (Phi) is 23.1. The summed E-state index contributed by atoms with van der Waals surface area (Å²) in [5, 5.41) is 3.78. The summed E-state index contributed by atoms with van der Waals surface area (Å²) < 4.78 is 43.3. The summed E-state index contributed by atoms with van der Waals surface area (Å²) >= 11 is 0. The Balaban J connectivity index is 1.69. The van der Waals surface area contributed by atoms with Crippen LogP contribution < -0.4 is 5.32 Å². The molecule has 0 bridgehead atoms. The highest BCUT2D eigenvalue weighted by Gasteiger charge is 2.31. The number of carbonyl (C=O) groups is 2. The second kappa shape index (κ2) is 25.6. The first-order valence-electron chi connectivity index (χ1n) is 13.1. The Bertz CT molecular complexity index is 594. The van der Waals surface area contributed by atoms with Gasteiger partial charge in [0, 0.05) is 25.8 Å². The van der Waals surface area contributed by atoms with E-state index in [1.165, 1.54) is 0 Å². The van der Waals surface area contributed by atoms with Crippen LogP contribution in [0.2, 0.25) is 0 Å². The average molecular weight is 551 g/mol. The molecular formula is C25H46N2O11. The third-order valence-corrected chi connectivity index (χ3v) is 4.85. The molecule has 1 rings (SSSR count). The van der Waals surface area contributed by atoms with Gasteiger partial charge in [-0.15, -0.1) is 5.06 Å². The van der Waals surface area contributed by atoms with Gasteiger partial charge < -0.3 is 48.0 Å². The molecule has 0 aliphatic carbocycles. The molecule has 1 aliphatic rings. The lowest BCUT2D eigenvalue weighted by molar-refractivity contribution is -0.177. The van der Waals surface area contributed by atoms with E-state index in [-0.39, 0.29) is 24.7 Å². The normalized spacial score (nSPS) is 13.6. The molecule has 2 amide bonds. The van der Waals surface area contributed by atoms with E-state index in [1.807, 2.05) is 7.05 Å². The van der Waals surface area contributed by atoms with E-state index in [2.05, 4.69) is 11.9 Å². The fourth-order valence-corrected chi connectivity index (χ4v) is 2.83. The highest BCUT2D eigenvalue weighted by atomic mass is 16.7. The Hall–Kier alpha value is -1.68. The minimum absolute atomic E-state index is 0.176. The van der Waals surface area contributed by atoms with Gasteiger partial charge in [-0.2, -0.15) is 0 Å². The molecule has 0 atom stereocenters. The topological polar surface area (TPSA) is 132 Å². The van der Waals surface area contributed by atoms with Crippen LogP contribution in [-0.2, 0) is 52.3 Å². The lowest BCUT2D eigenvalue weighted by Crippen LogP contribution is -2.29. The number of nitrogens with zero attached hydrogens (tertiary/aromatic N) is 1. The van der Waals surface area contributed by atoms with E-state index < -0.39 is 0 Å². The molecule has 222 valence electrons. The number of hydrogen-bond donors (Lipinski definition) is 1. The van der Waals surface area contributed by atoms with Gasteiger partial charge in [-0.3, -0.25) is 9.59 Å². The van der Waals surface area contributed by atoms with Gasteiger partial charge in [0.1, 0.15) is 5.76 Å². The molecule has 13 heteroatoms. The van der Waals surface area contributed by atoms with Crippen molar-refractivity contribution in [1.29, 1.82) is 0 Å². The van der Waals surface area contributed by atoms with E-state index in [0.717, 1.165) is 11.6 Å². The highest BCUT2D eigenvalue weighted by molar-refractivity contribution is 6.00. The van der Waals surface area contributed by atoms with E-state index in [1.54, 1.807) is 0 Å². The summed E-state index contributed by atoms with van der Waals surface area (Å²) in [5.74, 6) is -0.385. The molecule has 1 fully saturated rings. The fraction of sp³-hybridized carbons (Fsp3) is 0.840. The van der Waals surface area contributed by atoms with Crippen molar-refractivity contribution >= 4 is 11.8 Å². The average Bonchev–Trinajstić information content (AvgIpc) is 3.22. The minimum Gasteiger partial charge on any atom is -0.379 e. The number of hydroxylamine groups is 2. The first kappa shape index (κ1) is 34.3. The van der Waals surface area contributed by atoms with Crippen molar-refractivity contribution in [2.24, 2.45) is 0 Å². The van der Waals surface area contributed by atoms with Gasteiger partial charge in [-0.05, 0) is 7.05 Å². The number of rotatable bonds is 29. The second-order valence-electron chi connectivity index (χ2n) is 7.96. The third kappa shape index (κ3) is 20.3. The van der Waals surface area contributed by atoms with E-state index in [9.17, 15) is 9.59 Å². The van der Waals surface area contributed by atoms with Crippen LogP contribution in [0.4, 0.5) is 0 Å². The van der Waals surface area contributed by atoms with Gasteiger partial charge >= 0.3 is 0 Å². The van der Waals surface area contributed by atoms with Crippen LogP contribution in [0.3, 0.4) is 0 Å². The molecular weight excluding hydrogens is 504 g/mol. The van der Waals surface area contributed by atoms with Gasteiger partial charge in [-0.25, -0.2) is 0 Å². The van der Waals surface area contributed by atoms with Crippen LogP contribution in [0.25, 0.3) is 0 Å². The summed E-state index contributed by atoms with van der Waals surface area (Å²) in [5.41, 5.74) is 0. The van der Waals surface area contributed by atoms with E-state index in [4.69, 9.17) is 42.7 Å². The van der Waals surface area contributed by atoms with Crippen LogP contribution in [-0.4, -0.2) is 136 Å².